The number of benzene rings is 1. The second-order valence-electron chi connectivity index (χ2n) is 4.78. The summed E-state index contributed by atoms with van der Waals surface area (Å²) < 4.78 is 0. The molecule has 1 amide bonds. The zero-order valence-electron chi connectivity index (χ0n) is 11.2. The van der Waals surface area contributed by atoms with Gasteiger partial charge in [-0.1, -0.05) is 25.1 Å². The van der Waals surface area contributed by atoms with Crippen LogP contribution in [0.5, 0.6) is 0 Å². The molecule has 1 aromatic rings. The van der Waals surface area contributed by atoms with Gasteiger partial charge >= 0.3 is 0 Å². The molecule has 1 aliphatic heterocycles. The van der Waals surface area contributed by atoms with Crippen molar-refractivity contribution >= 4 is 23.4 Å². The molecule has 0 saturated carbocycles. The minimum absolute atomic E-state index is 0.0663. The fraction of sp³-hybridized carbons (Fsp3) is 0.400. The van der Waals surface area contributed by atoms with Gasteiger partial charge in [0.05, 0.1) is 11.7 Å². The Morgan fingerprint density at radius 2 is 2.37 bits per heavy atom. The van der Waals surface area contributed by atoms with Crippen LogP contribution in [0.25, 0.3) is 0 Å². The fourth-order valence-corrected chi connectivity index (χ4v) is 2.99. The third-order valence-electron chi connectivity index (χ3n) is 3.32. The van der Waals surface area contributed by atoms with Gasteiger partial charge in [0, 0.05) is 10.6 Å². The first-order valence-corrected chi connectivity index (χ1v) is 7.58. The Morgan fingerprint density at radius 1 is 1.58 bits per heavy atom. The summed E-state index contributed by atoms with van der Waals surface area (Å²) in [5.74, 6) is 1.30. The summed E-state index contributed by atoms with van der Waals surface area (Å²) in [4.78, 5) is 13.3. The largest absolute Gasteiger partial charge is 0.324 e. The first kappa shape index (κ1) is 14.2. The van der Waals surface area contributed by atoms with Gasteiger partial charge in [0.1, 0.15) is 0 Å². The van der Waals surface area contributed by atoms with Crippen molar-refractivity contribution in [2.75, 3.05) is 17.6 Å². The summed E-state index contributed by atoms with van der Waals surface area (Å²) in [5.41, 5.74) is 0.889. The van der Waals surface area contributed by atoms with Gasteiger partial charge in [-0.2, -0.15) is 0 Å². The highest BCUT2D eigenvalue weighted by Gasteiger charge is 2.29. The molecule has 0 radical (unpaired) electrons. The number of hydrogen-bond donors (Lipinski definition) is 2. The molecular weight excluding hydrogens is 256 g/mol. The van der Waals surface area contributed by atoms with E-state index in [4.69, 9.17) is 0 Å². The van der Waals surface area contributed by atoms with E-state index in [9.17, 15) is 4.79 Å². The Kier molecular flexibility index (Phi) is 5.05. The van der Waals surface area contributed by atoms with Gasteiger partial charge in [0.2, 0.25) is 5.91 Å². The molecule has 1 heterocycles. The maximum Gasteiger partial charge on any atom is 0.241 e. The molecule has 1 aliphatic rings. The number of para-hydroxylation sites is 1. The molecule has 0 bridgehead atoms. The molecule has 1 fully saturated rings. The van der Waals surface area contributed by atoms with E-state index < -0.39 is 0 Å². The Balaban J connectivity index is 2.05. The highest BCUT2D eigenvalue weighted by atomic mass is 32.2. The van der Waals surface area contributed by atoms with Crippen molar-refractivity contribution in [2.24, 2.45) is 5.92 Å². The van der Waals surface area contributed by atoms with Gasteiger partial charge in [0.25, 0.3) is 0 Å². The van der Waals surface area contributed by atoms with Gasteiger partial charge in [-0.25, -0.2) is 0 Å². The molecule has 2 N–H and O–H groups in total. The lowest BCUT2D eigenvalue weighted by Crippen LogP contribution is -2.39. The second kappa shape index (κ2) is 6.78. The molecule has 0 aliphatic carbocycles. The number of amides is 1. The number of carbonyl (C=O) groups is 1. The summed E-state index contributed by atoms with van der Waals surface area (Å²) >= 11 is 1.68. The lowest BCUT2D eigenvalue weighted by Gasteiger charge is -2.17. The van der Waals surface area contributed by atoms with E-state index in [1.54, 1.807) is 11.8 Å². The number of carbonyl (C=O) groups excluding carboxylic acids is 1. The summed E-state index contributed by atoms with van der Waals surface area (Å²) in [6.45, 7) is 6.76. The zero-order valence-corrected chi connectivity index (χ0v) is 12.0. The first-order chi connectivity index (χ1) is 9.22. The van der Waals surface area contributed by atoms with E-state index in [1.807, 2.05) is 30.3 Å². The number of anilines is 1. The maximum absolute atomic E-state index is 12.2. The molecule has 19 heavy (non-hydrogen) atoms. The standard InChI is InChI=1S/C15H20N2OS/c1-3-10-19-13-7-5-4-6-12(13)17-15(18)14-11(2)8-9-16-14/h3-7,11,14,16H,1,8-10H2,2H3,(H,17,18). The maximum atomic E-state index is 12.2. The molecule has 1 aromatic carbocycles. The van der Waals surface area contributed by atoms with E-state index in [1.165, 1.54) is 0 Å². The predicted molar refractivity (Wildman–Crippen MR) is 81.6 cm³/mol. The molecular formula is C15H20N2OS. The number of hydrogen-bond acceptors (Lipinski definition) is 3. The Bertz CT molecular complexity index is 461. The zero-order chi connectivity index (χ0) is 13.7. The highest BCUT2D eigenvalue weighted by Crippen LogP contribution is 2.27. The smallest absolute Gasteiger partial charge is 0.241 e. The minimum atomic E-state index is -0.0718. The summed E-state index contributed by atoms with van der Waals surface area (Å²) in [6.07, 6.45) is 2.93. The molecule has 0 spiro atoms. The highest BCUT2D eigenvalue weighted by molar-refractivity contribution is 7.99. The lowest BCUT2D eigenvalue weighted by molar-refractivity contribution is -0.118. The van der Waals surface area contributed by atoms with Gasteiger partial charge in [-0.15, -0.1) is 18.3 Å². The third kappa shape index (κ3) is 3.61. The third-order valence-corrected chi connectivity index (χ3v) is 4.39. The van der Waals surface area contributed by atoms with Crippen LogP contribution in [0.2, 0.25) is 0 Å². The van der Waals surface area contributed by atoms with Gasteiger partial charge in [0.15, 0.2) is 0 Å². The van der Waals surface area contributed by atoms with E-state index in [0.29, 0.717) is 5.92 Å². The van der Waals surface area contributed by atoms with E-state index in [2.05, 4.69) is 24.1 Å². The topological polar surface area (TPSA) is 41.1 Å². The van der Waals surface area contributed by atoms with Crippen molar-refractivity contribution in [3.63, 3.8) is 0 Å². The average molecular weight is 276 g/mol. The van der Waals surface area contributed by atoms with Crippen molar-refractivity contribution in [3.8, 4) is 0 Å². The lowest BCUT2D eigenvalue weighted by atomic mass is 10.0. The SMILES string of the molecule is C=CCSc1ccccc1NC(=O)C1NCCC1C. The first-order valence-electron chi connectivity index (χ1n) is 6.59. The summed E-state index contributed by atoms with van der Waals surface area (Å²) in [6, 6.07) is 7.83. The second-order valence-corrected chi connectivity index (χ2v) is 5.84. The monoisotopic (exact) mass is 276 g/mol. The van der Waals surface area contributed by atoms with E-state index in [-0.39, 0.29) is 11.9 Å². The normalized spacial score (nSPS) is 22.2. The molecule has 2 rings (SSSR count). The minimum Gasteiger partial charge on any atom is -0.324 e. The molecule has 2 unspecified atom stereocenters. The molecule has 4 heteroatoms. The van der Waals surface area contributed by atoms with Crippen molar-refractivity contribution in [2.45, 2.75) is 24.3 Å². The van der Waals surface area contributed by atoms with Gasteiger partial charge in [-0.05, 0) is 31.0 Å². The fourth-order valence-electron chi connectivity index (χ4n) is 2.24. The van der Waals surface area contributed by atoms with Crippen LogP contribution in [0.1, 0.15) is 13.3 Å². The molecule has 2 atom stereocenters. The number of thioether (sulfide) groups is 1. The van der Waals surface area contributed by atoms with Crippen molar-refractivity contribution in [1.82, 2.24) is 5.32 Å². The van der Waals surface area contributed by atoms with Crippen LogP contribution < -0.4 is 10.6 Å². The van der Waals surface area contributed by atoms with Crippen LogP contribution in [0.4, 0.5) is 5.69 Å². The predicted octanol–water partition coefficient (Wildman–Crippen LogP) is 2.90. The van der Waals surface area contributed by atoms with Crippen molar-refractivity contribution < 1.29 is 4.79 Å². The molecule has 1 saturated heterocycles. The average Bonchev–Trinajstić information content (AvgIpc) is 2.84. The quantitative estimate of drug-likeness (QED) is 0.642. The number of nitrogens with one attached hydrogen (secondary N) is 2. The van der Waals surface area contributed by atoms with Crippen LogP contribution in [0, 0.1) is 5.92 Å². The summed E-state index contributed by atoms with van der Waals surface area (Å²) in [7, 11) is 0. The van der Waals surface area contributed by atoms with Crippen LogP contribution in [0.3, 0.4) is 0 Å². The Hall–Kier alpha value is -1.26. The van der Waals surface area contributed by atoms with Crippen molar-refractivity contribution in [1.29, 1.82) is 0 Å². The van der Waals surface area contributed by atoms with Crippen LogP contribution in [-0.4, -0.2) is 24.2 Å². The van der Waals surface area contributed by atoms with Crippen molar-refractivity contribution in [3.05, 3.63) is 36.9 Å². The number of rotatable bonds is 5. The molecule has 0 aromatic heterocycles. The Labute approximate surface area is 118 Å². The van der Waals surface area contributed by atoms with E-state index >= 15 is 0 Å². The van der Waals surface area contributed by atoms with E-state index in [0.717, 1.165) is 29.3 Å². The van der Waals surface area contributed by atoms with Crippen LogP contribution in [-0.2, 0) is 4.79 Å². The van der Waals surface area contributed by atoms with Crippen LogP contribution in [0.15, 0.2) is 41.8 Å². The Morgan fingerprint density at radius 3 is 3.05 bits per heavy atom. The summed E-state index contributed by atoms with van der Waals surface area (Å²) in [5, 5.41) is 6.29. The van der Waals surface area contributed by atoms with Gasteiger partial charge < -0.3 is 10.6 Å². The molecule has 102 valence electrons. The molecule has 3 nitrogen and oxygen atoms in total. The van der Waals surface area contributed by atoms with Crippen LogP contribution >= 0.6 is 11.8 Å². The van der Waals surface area contributed by atoms with Gasteiger partial charge in [-0.3, -0.25) is 4.79 Å².